The average molecular weight is 441 g/mol. The molecule has 0 saturated heterocycles. The van der Waals surface area contributed by atoms with Crippen molar-refractivity contribution in [2.45, 2.75) is 6.54 Å². The molecule has 4 aromatic rings. The van der Waals surface area contributed by atoms with E-state index in [1.165, 1.54) is 23.0 Å². The lowest BCUT2D eigenvalue weighted by molar-refractivity contribution is 0.0954. The van der Waals surface area contributed by atoms with Crippen LogP contribution in [0.1, 0.15) is 15.4 Å². The van der Waals surface area contributed by atoms with Crippen LogP contribution in [0.3, 0.4) is 0 Å². The highest BCUT2D eigenvalue weighted by Gasteiger charge is 2.10. The molecule has 0 bridgehead atoms. The van der Waals surface area contributed by atoms with Crippen LogP contribution in [0.2, 0.25) is 4.34 Å². The Kier molecular flexibility index (Phi) is 5.69. The van der Waals surface area contributed by atoms with Crippen molar-refractivity contribution in [3.63, 3.8) is 0 Å². The van der Waals surface area contributed by atoms with Gasteiger partial charge < -0.3 is 14.6 Å². The van der Waals surface area contributed by atoms with Crippen molar-refractivity contribution < 1.29 is 9.53 Å². The first kappa shape index (κ1) is 19.9. The first-order valence-electron chi connectivity index (χ1n) is 8.98. The summed E-state index contributed by atoms with van der Waals surface area (Å²) < 4.78 is 9.03. The molecule has 1 N–H and O–H groups in total. The van der Waals surface area contributed by atoms with Crippen molar-refractivity contribution in [1.29, 1.82) is 0 Å². The highest BCUT2D eigenvalue weighted by molar-refractivity contribution is 7.17. The molecule has 0 atom stereocenters. The quantitative estimate of drug-likeness (QED) is 0.496. The molecule has 0 radical (unpaired) electrons. The maximum Gasteiger partial charge on any atom is 0.297 e. The lowest BCUT2D eigenvalue weighted by Gasteiger charge is -2.09. The molecule has 0 spiro atoms. The van der Waals surface area contributed by atoms with Gasteiger partial charge in [0, 0.05) is 23.8 Å². The summed E-state index contributed by atoms with van der Waals surface area (Å²) in [7, 11) is 1.47. The lowest BCUT2D eigenvalue weighted by Crippen LogP contribution is -2.21. The number of nitrogens with zero attached hydrogens (tertiary/aromatic N) is 3. The minimum atomic E-state index is -0.222. The van der Waals surface area contributed by atoms with Crippen molar-refractivity contribution in [1.82, 2.24) is 19.4 Å². The van der Waals surface area contributed by atoms with E-state index >= 15 is 0 Å². The molecule has 1 aromatic carbocycles. The number of nitrogens with one attached hydrogen (secondary N) is 1. The van der Waals surface area contributed by atoms with Crippen molar-refractivity contribution in [3.8, 4) is 17.1 Å². The SMILES string of the molecule is COc1cccn(-c2ccc(-n3cnc(CNC(=O)c4ccc(Cl)s4)c3)cc2)c1=O. The number of carbonyl (C=O) groups excluding carboxylic acids is 1. The fourth-order valence-corrected chi connectivity index (χ4v) is 3.87. The maximum absolute atomic E-state index is 12.4. The second kappa shape index (κ2) is 8.56. The van der Waals surface area contributed by atoms with Gasteiger partial charge in [-0.1, -0.05) is 11.6 Å². The van der Waals surface area contributed by atoms with Crippen LogP contribution in [0.4, 0.5) is 0 Å². The van der Waals surface area contributed by atoms with Crippen molar-refractivity contribution in [3.05, 3.63) is 92.5 Å². The molecule has 0 aliphatic carbocycles. The highest BCUT2D eigenvalue weighted by Crippen LogP contribution is 2.21. The third kappa shape index (κ3) is 4.14. The van der Waals surface area contributed by atoms with Gasteiger partial charge in [0.2, 0.25) is 0 Å². The lowest BCUT2D eigenvalue weighted by atomic mass is 10.2. The van der Waals surface area contributed by atoms with Crippen molar-refractivity contribution in [2.75, 3.05) is 7.11 Å². The summed E-state index contributed by atoms with van der Waals surface area (Å²) in [4.78, 5) is 29.4. The van der Waals surface area contributed by atoms with Gasteiger partial charge in [-0.25, -0.2) is 4.98 Å². The third-order valence-electron chi connectivity index (χ3n) is 4.42. The van der Waals surface area contributed by atoms with Gasteiger partial charge in [0.15, 0.2) is 5.75 Å². The summed E-state index contributed by atoms with van der Waals surface area (Å²) >= 11 is 7.10. The summed E-state index contributed by atoms with van der Waals surface area (Å²) in [5.74, 6) is 0.0993. The fourth-order valence-electron chi connectivity index (χ4n) is 2.91. The molecule has 0 fully saturated rings. The normalized spacial score (nSPS) is 10.7. The van der Waals surface area contributed by atoms with Gasteiger partial charge >= 0.3 is 0 Å². The zero-order valence-electron chi connectivity index (χ0n) is 15.9. The number of carbonyl (C=O) groups is 1. The van der Waals surface area contributed by atoms with Gasteiger partial charge in [0.1, 0.15) is 0 Å². The van der Waals surface area contributed by atoms with Crippen LogP contribution in [0.5, 0.6) is 5.75 Å². The van der Waals surface area contributed by atoms with Gasteiger partial charge in [0.25, 0.3) is 11.5 Å². The molecule has 0 unspecified atom stereocenters. The molecule has 0 aliphatic heterocycles. The number of amides is 1. The van der Waals surface area contributed by atoms with Gasteiger partial charge in [-0.05, 0) is 48.5 Å². The second-order valence-electron chi connectivity index (χ2n) is 6.33. The number of hydrogen-bond acceptors (Lipinski definition) is 5. The van der Waals surface area contributed by atoms with Crippen LogP contribution in [-0.2, 0) is 6.54 Å². The molecule has 7 nitrogen and oxygen atoms in total. The minimum absolute atomic E-state index is 0.186. The Morgan fingerprint density at radius 1 is 1.17 bits per heavy atom. The number of ether oxygens (including phenoxy) is 1. The molecule has 9 heteroatoms. The van der Waals surface area contributed by atoms with E-state index in [1.807, 2.05) is 35.0 Å². The predicted octanol–water partition coefficient (Wildman–Crippen LogP) is 3.68. The van der Waals surface area contributed by atoms with E-state index in [-0.39, 0.29) is 17.2 Å². The predicted molar refractivity (Wildman–Crippen MR) is 116 cm³/mol. The average Bonchev–Trinajstić information content (AvgIpc) is 3.42. The number of benzene rings is 1. The van der Waals surface area contributed by atoms with E-state index in [2.05, 4.69) is 10.3 Å². The molecule has 0 saturated carbocycles. The Morgan fingerprint density at radius 3 is 2.63 bits per heavy atom. The van der Waals surface area contributed by atoms with Crippen LogP contribution in [0, 0.1) is 0 Å². The fraction of sp³-hybridized carbons (Fsp3) is 0.0952. The van der Waals surface area contributed by atoms with Crippen LogP contribution in [-0.4, -0.2) is 27.1 Å². The van der Waals surface area contributed by atoms with Gasteiger partial charge in [-0.2, -0.15) is 0 Å². The molecular weight excluding hydrogens is 424 g/mol. The minimum Gasteiger partial charge on any atom is -0.491 e. The number of imidazole rings is 1. The van der Waals surface area contributed by atoms with Crippen LogP contribution in [0.25, 0.3) is 11.4 Å². The number of rotatable bonds is 6. The van der Waals surface area contributed by atoms with E-state index in [0.29, 0.717) is 15.8 Å². The highest BCUT2D eigenvalue weighted by atomic mass is 35.5. The van der Waals surface area contributed by atoms with Gasteiger partial charge in [-0.15, -0.1) is 11.3 Å². The Labute approximate surface area is 181 Å². The smallest absolute Gasteiger partial charge is 0.297 e. The van der Waals surface area contributed by atoms with E-state index in [4.69, 9.17) is 16.3 Å². The number of aromatic nitrogens is 3. The van der Waals surface area contributed by atoms with E-state index < -0.39 is 0 Å². The number of methoxy groups -OCH3 is 1. The molecule has 3 aromatic heterocycles. The third-order valence-corrected chi connectivity index (χ3v) is 5.65. The van der Waals surface area contributed by atoms with Crippen LogP contribution < -0.4 is 15.6 Å². The first-order valence-corrected chi connectivity index (χ1v) is 10.2. The Hall–Kier alpha value is -3.36. The maximum atomic E-state index is 12.4. The molecule has 152 valence electrons. The summed E-state index contributed by atoms with van der Waals surface area (Å²) in [6.45, 7) is 0.304. The molecule has 3 heterocycles. The summed E-state index contributed by atoms with van der Waals surface area (Å²) in [5.41, 5.74) is 2.11. The number of pyridine rings is 1. The Bertz CT molecular complexity index is 1240. The zero-order chi connectivity index (χ0) is 21.1. The molecule has 1 amide bonds. The summed E-state index contributed by atoms with van der Waals surface area (Å²) in [5, 5.41) is 2.83. The number of halogens is 1. The molecule has 30 heavy (non-hydrogen) atoms. The van der Waals surface area contributed by atoms with Crippen LogP contribution in [0.15, 0.2) is 72.0 Å². The van der Waals surface area contributed by atoms with Gasteiger partial charge in [0.05, 0.1) is 34.9 Å². The van der Waals surface area contributed by atoms with Gasteiger partial charge in [-0.3, -0.25) is 14.2 Å². The largest absolute Gasteiger partial charge is 0.491 e. The number of thiophene rings is 1. The standard InChI is InChI=1S/C21H17ClN4O3S/c1-29-17-3-2-10-26(21(17)28)16-6-4-15(5-7-16)25-12-14(24-13-25)11-23-20(27)18-8-9-19(22)30-18/h2-10,12-13H,11H2,1H3,(H,23,27). The Balaban J connectivity index is 1.46. The van der Waals surface area contributed by atoms with E-state index in [9.17, 15) is 9.59 Å². The van der Waals surface area contributed by atoms with Crippen LogP contribution >= 0.6 is 22.9 Å². The topological polar surface area (TPSA) is 78.2 Å². The van der Waals surface area contributed by atoms with Crippen molar-refractivity contribution in [2.24, 2.45) is 0 Å². The summed E-state index contributed by atoms with van der Waals surface area (Å²) in [6, 6.07) is 14.2. The monoisotopic (exact) mass is 440 g/mol. The molecule has 4 rings (SSSR count). The number of hydrogen-bond donors (Lipinski definition) is 1. The summed E-state index contributed by atoms with van der Waals surface area (Å²) in [6.07, 6.45) is 5.21. The second-order valence-corrected chi connectivity index (χ2v) is 8.04. The van der Waals surface area contributed by atoms with E-state index in [1.54, 1.807) is 36.8 Å². The molecular formula is C21H17ClN4O3S. The zero-order valence-corrected chi connectivity index (χ0v) is 17.5. The molecule has 0 aliphatic rings. The Morgan fingerprint density at radius 2 is 1.93 bits per heavy atom. The first-order chi connectivity index (χ1) is 14.5. The van der Waals surface area contributed by atoms with E-state index in [0.717, 1.165) is 17.1 Å². The van der Waals surface area contributed by atoms with Crippen molar-refractivity contribution >= 4 is 28.8 Å².